The number of likely N-dealkylation sites (tertiary alicyclic amines) is 1. The Morgan fingerprint density at radius 3 is 2.19 bits per heavy atom. The van der Waals surface area contributed by atoms with E-state index in [1.54, 1.807) is 0 Å². The molecule has 0 aliphatic carbocycles. The number of hydrogen-bond acceptors (Lipinski definition) is 4. The van der Waals surface area contributed by atoms with Crippen molar-refractivity contribution in [3.05, 3.63) is 35.4 Å². The third-order valence-electron chi connectivity index (χ3n) is 3.50. The number of amides is 2. The molecule has 108 valence electrons. The second kappa shape index (κ2) is 5.49. The van der Waals surface area contributed by atoms with Gasteiger partial charge in [-0.05, 0) is 17.5 Å². The van der Waals surface area contributed by atoms with Gasteiger partial charge < -0.3 is 0 Å². The Bertz CT molecular complexity index is 618. The molecule has 0 radical (unpaired) electrons. The summed E-state index contributed by atoms with van der Waals surface area (Å²) in [6, 6.07) is 8.11. The molecule has 0 unspecified atom stereocenters. The van der Waals surface area contributed by atoms with Gasteiger partial charge >= 0.3 is 0 Å². The summed E-state index contributed by atoms with van der Waals surface area (Å²) in [6.07, 6.45) is 0.527. The van der Waals surface area contributed by atoms with Crippen LogP contribution >= 0.6 is 0 Å². The highest BCUT2D eigenvalue weighted by Crippen LogP contribution is 2.31. The van der Waals surface area contributed by atoms with Crippen molar-refractivity contribution in [3.63, 3.8) is 0 Å². The van der Waals surface area contributed by atoms with Crippen molar-refractivity contribution >= 4 is 17.6 Å². The molecule has 2 rings (SSSR count). The van der Waals surface area contributed by atoms with E-state index in [0.29, 0.717) is 11.1 Å². The van der Waals surface area contributed by atoms with E-state index in [4.69, 9.17) is 5.26 Å². The summed E-state index contributed by atoms with van der Waals surface area (Å²) in [6.45, 7) is 3.49. The number of nitriles is 1. The average Bonchev–Trinajstić information content (AvgIpc) is 2.41. The maximum atomic E-state index is 12.1. The molecule has 5 heteroatoms. The maximum absolute atomic E-state index is 12.1. The van der Waals surface area contributed by atoms with E-state index in [1.807, 2.05) is 19.9 Å². The van der Waals surface area contributed by atoms with E-state index in [1.165, 1.54) is 24.3 Å². The third kappa shape index (κ3) is 3.34. The first-order chi connectivity index (χ1) is 9.82. The fourth-order valence-corrected chi connectivity index (χ4v) is 2.35. The van der Waals surface area contributed by atoms with Crippen molar-refractivity contribution < 1.29 is 14.4 Å². The van der Waals surface area contributed by atoms with Gasteiger partial charge in [-0.1, -0.05) is 26.0 Å². The van der Waals surface area contributed by atoms with Gasteiger partial charge in [-0.25, -0.2) is 0 Å². The van der Waals surface area contributed by atoms with E-state index >= 15 is 0 Å². The molecule has 1 saturated heterocycles. The van der Waals surface area contributed by atoms with Crippen LogP contribution in [0.25, 0.3) is 0 Å². The fourth-order valence-electron chi connectivity index (χ4n) is 2.35. The van der Waals surface area contributed by atoms with Gasteiger partial charge in [0, 0.05) is 18.4 Å². The zero-order chi connectivity index (χ0) is 15.6. The Hall–Kier alpha value is -2.48. The van der Waals surface area contributed by atoms with Crippen molar-refractivity contribution in [2.75, 3.05) is 6.54 Å². The van der Waals surface area contributed by atoms with Crippen LogP contribution in [-0.4, -0.2) is 29.0 Å². The SMILES string of the molecule is CC1(C)CC(=O)N(CC(=O)c2ccc(C#N)cc2)C(=O)C1. The first-order valence-corrected chi connectivity index (χ1v) is 6.69. The lowest BCUT2D eigenvalue weighted by atomic mass is 9.81. The van der Waals surface area contributed by atoms with Crippen molar-refractivity contribution in [1.82, 2.24) is 4.90 Å². The molecule has 0 atom stereocenters. The van der Waals surface area contributed by atoms with Gasteiger partial charge in [0.25, 0.3) is 0 Å². The Morgan fingerprint density at radius 2 is 1.71 bits per heavy atom. The molecule has 1 aromatic carbocycles. The molecule has 1 aliphatic heterocycles. The standard InChI is InChI=1S/C16H16N2O3/c1-16(2)7-14(20)18(15(21)8-16)10-13(19)12-5-3-11(9-17)4-6-12/h3-6H,7-8,10H2,1-2H3. The molecule has 0 aromatic heterocycles. The number of benzene rings is 1. The minimum Gasteiger partial charge on any atom is -0.292 e. The highest BCUT2D eigenvalue weighted by Gasteiger charge is 2.38. The number of hydrogen-bond donors (Lipinski definition) is 0. The van der Waals surface area contributed by atoms with Crippen LogP contribution < -0.4 is 0 Å². The monoisotopic (exact) mass is 284 g/mol. The molecule has 0 bridgehead atoms. The molecular formula is C16H16N2O3. The number of carbonyl (C=O) groups is 3. The quantitative estimate of drug-likeness (QED) is 0.627. The van der Waals surface area contributed by atoms with Gasteiger partial charge in [-0.3, -0.25) is 19.3 Å². The van der Waals surface area contributed by atoms with E-state index in [2.05, 4.69) is 0 Å². The molecule has 1 aliphatic rings. The fraction of sp³-hybridized carbons (Fsp3) is 0.375. The van der Waals surface area contributed by atoms with Gasteiger partial charge in [0.05, 0.1) is 18.2 Å². The summed E-state index contributed by atoms with van der Waals surface area (Å²) < 4.78 is 0. The number of ketones is 1. The predicted octanol–water partition coefficient (Wildman–Crippen LogP) is 1.92. The van der Waals surface area contributed by atoms with E-state index < -0.39 is 0 Å². The Morgan fingerprint density at radius 1 is 1.19 bits per heavy atom. The molecule has 5 nitrogen and oxygen atoms in total. The van der Waals surface area contributed by atoms with Crippen LogP contribution in [0.1, 0.15) is 42.6 Å². The number of imide groups is 1. The van der Waals surface area contributed by atoms with E-state index in [9.17, 15) is 14.4 Å². The second-order valence-corrected chi connectivity index (χ2v) is 6.00. The smallest absolute Gasteiger partial charge is 0.230 e. The molecule has 21 heavy (non-hydrogen) atoms. The van der Waals surface area contributed by atoms with Crippen LogP contribution in [0.2, 0.25) is 0 Å². The Labute approximate surface area is 123 Å². The van der Waals surface area contributed by atoms with Crippen molar-refractivity contribution in [2.24, 2.45) is 5.41 Å². The zero-order valence-electron chi connectivity index (χ0n) is 12.0. The molecule has 0 spiro atoms. The minimum atomic E-state index is -0.345. The molecule has 1 aromatic rings. The zero-order valence-corrected chi connectivity index (χ0v) is 12.0. The molecular weight excluding hydrogens is 268 g/mol. The summed E-state index contributed by atoms with van der Waals surface area (Å²) >= 11 is 0. The topological polar surface area (TPSA) is 78.2 Å². The first-order valence-electron chi connectivity index (χ1n) is 6.69. The largest absolute Gasteiger partial charge is 0.292 e. The minimum absolute atomic E-state index is 0.236. The molecule has 0 saturated carbocycles. The third-order valence-corrected chi connectivity index (χ3v) is 3.50. The summed E-state index contributed by atoms with van der Waals surface area (Å²) in [5.41, 5.74) is 0.500. The van der Waals surface area contributed by atoms with Gasteiger partial charge in [0.15, 0.2) is 5.78 Å². The molecule has 1 heterocycles. The van der Waals surface area contributed by atoms with Gasteiger partial charge in [0.1, 0.15) is 0 Å². The van der Waals surface area contributed by atoms with Crippen LogP contribution in [-0.2, 0) is 9.59 Å². The predicted molar refractivity (Wildman–Crippen MR) is 75.2 cm³/mol. The maximum Gasteiger partial charge on any atom is 0.230 e. The number of Topliss-reactive ketones (excluding diaryl/α,β-unsaturated/α-hetero) is 1. The highest BCUT2D eigenvalue weighted by atomic mass is 16.2. The summed E-state index contributed by atoms with van der Waals surface area (Å²) in [7, 11) is 0. The van der Waals surface area contributed by atoms with Crippen LogP contribution in [0.5, 0.6) is 0 Å². The van der Waals surface area contributed by atoms with E-state index in [0.717, 1.165) is 4.90 Å². The normalized spacial score (nSPS) is 17.5. The first kappa shape index (κ1) is 14.9. The highest BCUT2D eigenvalue weighted by molar-refractivity contribution is 6.05. The van der Waals surface area contributed by atoms with Crippen LogP contribution in [0, 0.1) is 16.7 Å². The van der Waals surface area contributed by atoms with E-state index in [-0.39, 0.29) is 42.4 Å². The summed E-state index contributed by atoms with van der Waals surface area (Å²) in [5.74, 6) is -0.919. The number of piperidine rings is 1. The van der Waals surface area contributed by atoms with Crippen molar-refractivity contribution in [2.45, 2.75) is 26.7 Å². The van der Waals surface area contributed by atoms with Crippen LogP contribution in [0.15, 0.2) is 24.3 Å². The van der Waals surface area contributed by atoms with Crippen molar-refractivity contribution in [3.8, 4) is 6.07 Å². The number of nitrogens with zero attached hydrogens (tertiary/aromatic N) is 2. The van der Waals surface area contributed by atoms with Gasteiger partial charge in [-0.2, -0.15) is 5.26 Å². The Kier molecular flexibility index (Phi) is 3.90. The van der Waals surface area contributed by atoms with Crippen LogP contribution in [0.4, 0.5) is 0 Å². The molecule has 2 amide bonds. The molecule has 1 fully saturated rings. The lowest BCUT2D eigenvalue weighted by Crippen LogP contribution is -2.48. The summed E-state index contributed by atoms with van der Waals surface area (Å²) in [4.78, 5) is 37.2. The van der Waals surface area contributed by atoms with Crippen LogP contribution in [0.3, 0.4) is 0 Å². The number of rotatable bonds is 3. The molecule has 0 N–H and O–H groups in total. The van der Waals surface area contributed by atoms with Gasteiger partial charge in [0.2, 0.25) is 11.8 Å². The van der Waals surface area contributed by atoms with Gasteiger partial charge in [-0.15, -0.1) is 0 Å². The second-order valence-electron chi connectivity index (χ2n) is 6.00. The average molecular weight is 284 g/mol. The number of carbonyl (C=O) groups excluding carboxylic acids is 3. The summed E-state index contributed by atoms with van der Waals surface area (Å²) in [5, 5.41) is 8.71. The Balaban J connectivity index is 2.10. The lowest BCUT2D eigenvalue weighted by molar-refractivity contribution is -0.151. The lowest BCUT2D eigenvalue weighted by Gasteiger charge is -2.34. The van der Waals surface area contributed by atoms with Crippen molar-refractivity contribution in [1.29, 1.82) is 5.26 Å².